The van der Waals surface area contributed by atoms with Gasteiger partial charge in [-0.2, -0.15) is 4.68 Å². The van der Waals surface area contributed by atoms with Gasteiger partial charge < -0.3 is 4.74 Å². The molecule has 0 aliphatic heterocycles. The lowest BCUT2D eigenvalue weighted by molar-refractivity contribution is 0.414. The van der Waals surface area contributed by atoms with Gasteiger partial charge in [-0.05, 0) is 32.4 Å². The Bertz CT molecular complexity index is 580. The predicted octanol–water partition coefficient (Wildman–Crippen LogP) is 1.38. The highest BCUT2D eigenvalue weighted by Gasteiger charge is 2.12. The van der Waals surface area contributed by atoms with Crippen LogP contribution in [-0.4, -0.2) is 27.3 Å². The molecule has 0 saturated carbocycles. The third-order valence-electron chi connectivity index (χ3n) is 1.92. The van der Waals surface area contributed by atoms with E-state index < -0.39 is 5.69 Å². The maximum absolute atomic E-state index is 11.3. The van der Waals surface area contributed by atoms with Crippen molar-refractivity contribution in [1.82, 2.24) is 20.2 Å². The normalized spacial score (nSPS) is 10.4. The number of benzene rings is 1. The van der Waals surface area contributed by atoms with Crippen molar-refractivity contribution >= 4 is 27.5 Å². The zero-order chi connectivity index (χ0) is 11.7. The van der Waals surface area contributed by atoms with Crippen LogP contribution in [0.15, 0.2) is 21.4 Å². The average molecular weight is 306 g/mol. The molecular weight excluding hydrogens is 299 g/mol. The van der Waals surface area contributed by atoms with Crippen LogP contribution >= 0.6 is 27.5 Å². The SMILES string of the molecule is COc1cc(-n2nn[nH]c2=O)c(Br)cc1Cl. The fraction of sp³-hybridized carbons (Fsp3) is 0.125. The summed E-state index contributed by atoms with van der Waals surface area (Å²) in [6, 6.07) is 3.22. The van der Waals surface area contributed by atoms with Crippen LogP contribution in [0.3, 0.4) is 0 Å². The number of aromatic amines is 1. The first-order valence-corrected chi connectivity index (χ1v) is 5.34. The van der Waals surface area contributed by atoms with Crippen molar-refractivity contribution in [3.8, 4) is 11.4 Å². The van der Waals surface area contributed by atoms with E-state index in [1.807, 2.05) is 0 Å². The minimum Gasteiger partial charge on any atom is -0.495 e. The van der Waals surface area contributed by atoms with Crippen molar-refractivity contribution in [3.63, 3.8) is 0 Å². The van der Waals surface area contributed by atoms with Crippen LogP contribution in [0.1, 0.15) is 0 Å². The number of hydrogen-bond donors (Lipinski definition) is 1. The highest BCUT2D eigenvalue weighted by molar-refractivity contribution is 9.10. The second-order valence-electron chi connectivity index (χ2n) is 2.86. The quantitative estimate of drug-likeness (QED) is 0.910. The van der Waals surface area contributed by atoms with Crippen molar-refractivity contribution in [2.75, 3.05) is 7.11 Å². The van der Waals surface area contributed by atoms with E-state index in [2.05, 4.69) is 31.5 Å². The first-order valence-electron chi connectivity index (χ1n) is 4.17. The summed E-state index contributed by atoms with van der Waals surface area (Å²) in [5, 5.41) is 9.66. The molecule has 1 N–H and O–H groups in total. The molecule has 0 radical (unpaired) electrons. The molecule has 6 nitrogen and oxygen atoms in total. The number of tetrazole rings is 1. The van der Waals surface area contributed by atoms with Gasteiger partial charge in [0.05, 0.1) is 17.8 Å². The van der Waals surface area contributed by atoms with Gasteiger partial charge in [-0.1, -0.05) is 11.6 Å². The monoisotopic (exact) mass is 304 g/mol. The Kier molecular flexibility index (Phi) is 2.97. The van der Waals surface area contributed by atoms with Crippen LogP contribution in [0.2, 0.25) is 5.02 Å². The van der Waals surface area contributed by atoms with Crippen LogP contribution in [0.4, 0.5) is 0 Å². The minimum atomic E-state index is -0.440. The summed E-state index contributed by atoms with van der Waals surface area (Å²) >= 11 is 9.20. The van der Waals surface area contributed by atoms with Crippen LogP contribution in [0, 0.1) is 0 Å². The number of hydrogen-bond acceptors (Lipinski definition) is 4. The van der Waals surface area contributed by atoms with Crippen LogP contribution < -0.4 is 10.4 Å². The number of H-pyrrole nitrogens is 1. The molecule has 0 unspecified atom stereocenters. The Balaban J connectivity index is 2.66. The minimum absolute atomic E-state index is 0.440. The fourth-order valence-electron chi connectivity index (χ4n) is 1.19. The van der Waals surface area contributed by atoms with Crippen LogP contribution in [0.5, 0.6) is 5.75 Å². The Morgan fingerprint density at radius 2 is 2.31 bits per heavy atom. The van der Waals surface area contributed by atoms with E-state index >= 15 is 0 Å². The number of aromatic nitrogens is 4. The van der Waals surface area contributed by atoms with Crippen LogP contribution in [0.25, 0.3) is 5.69 Å². The third-order valence-corrected chi connectivity index (χ3v) is 2.85. The molecule has 0 aliphatic rings. The van der Waals surface area contributed by atoms with E-state index in [0.717, 1.165) is 4.68 Å². The van der Waals surface area contributed by atoms with E-state index in [1.54, 1.807) is 12.1 Å². The van der Waals surface area contributed by atoms with Crippen LogP contribution in [-0.2, 0) is 0 Å². The first-order chi connectivity index (χ1) is 7.63. The molecule has 1 aromatic carbocycles. The topological polar surface area (TPSA) is 72.8 Å². The molecule has 8 heteroatoms. The Labute approximate surface area is 103 Å². The smallest absolute Gasteiger partial charge is 0.365 e. The zero-order valence-electron chi connectivity index (χ0n) is 8.07. The van der Waals surface area contributed by atoms with Gasteiger partial charge in [0.25, 0.3) is 0 Å². The summed E-state index contributed by atoms with van der Waals surface area (Å²) in [4.78, 5) is 11.3. The summed E-state index contributed by atoms with van der Waals surface area (Å²) in [6.07, 6.45) is 0. The lowest BCUT2D eigenvalue weighted by atomic mass is 10.3. The van der Waals surface area contributed by atoms with Gasteiger partial charge in [-0.25, -0.2) is 9.89 Å². The summed E-state index contributed by atoms with van der Waals surface area (Å²) < 4.78 is 6.77. The number of nitrogens with zero attached hydrogens (tertiary/aromatic N) is 3. The van der Waals surface area contributed by atoms with Crippen molar-refractivity contribution in [3.05, 3.63) is 32.1 Å². The Morgan fingerprint density at radius 1 is 1.56 bits per heavy atom. The summed E-state index contributed by atoms with van der Waals surface area (Å²) in [5.41, 5.74) is 0.0603. The molecule has 1 heterocycles. The molecule has 84 valence electrons. The Morgan fingerprint density at radius 3 is 2.88 bits per heavy atom. The van der Waals surface area contributed by atoms with Gasteiger partial charge >= 0.3 is 5.69 Å². The molecule has 1 aromatic heterocycles. The average Bonchev–Trinajstić information content (AvgIpc) is 2.65. The number of rotatable bonds is 2. The molecule has 0 bridgehead atoms. The highest BCUT2D eigenvalue weighted by Crippen LogP contribution is 2.32. The molecule has 0 atom stereocenters. The maximum Gasteiger partial charge on any atom is 0.365 e. The number of nitrogens with one attached hydrogen (secondary N) is 1. The standard InChI is InChI=1S/C8H6BrClN4O2/c1-16-7-3-6(4(9)2-5(7)10)14-8(15)11-12-13-14/h2-3H,1H3,(H,11,13,15). The molecule has 2 aromatic rings. The molecule has 0 aliphatic carbocycles. The number of halogens is 2. The molecule has 16 heavy (non-hydrogen) atoms. The van der Waals surface area contributed by atoms with Crippen molar-refractivity contribution in [2.24, 2.45) is 0 Å². The van der Waals surface area contributed by atoms with Gasteiger partial charge in [-0.3, -0.25) is 0 Å². The summed E-state index contributed by atoms with van der Waals surface area (Å²) in [6.45, 7) is 0. The molecule has 0 spiro atoms. The molecular formula is C8H6BrClN4O2. The summed E-state index contributed by atoms with van der Waals surface area (Å²) in [5.74, 6) is 0.453. The zero-order valence-corrected chi connectivity index (χ0v) is 10.4. The summed E-state index contributed by atoms with van der Waals surface area (Å²) in [7, 11) is 1.49. The largest absolute Gasteiger partial charge is 0.495 e. The van der Waals surface area contributed by atoms with Gasteiger partial charge in [0.15, 0.2) is 0 Å². The van der Waals surface area contributed by atoms with E-state index in [-0.39, 0.29) is 0 Å². The fourth-order valence-corrected chi connectivity index (χ4v) is 2.08. The van der Waals surface area contributed by atoms with Gasteiger partial charge in [-0.15, -0.1) is 0 Å². The Hall–Kier alpha value is -1.34. The second kappa shape index (κ2) is 4.26. The molecule has 0 saturated heterocycles. The van der Waals surface area contributed by atoms with Crippen molar-refractivity contribution in [1.29, 1.82) is 0 Å². The maximum atomic E-state index is 11.3. The van der Waals surface area contributed by atoms with Crippen molar-refractivity contribution in [2.45, 2.75) is 0 Å². The lowest BCUT2D eigenvalue weighted by Gasteiger charge is -2.07. The van der Waals surface area contributed by atoms with E-state index in [1.165, 1.54) is 7.11 Å². The van der Waals surface area contributed by atoms with Gasteiger partial charge in [0, 0.05) is 10.5 Å². The second-order valence-corrected chi connectivity index (χ2v) is 4.12. The first kappa shape index (κ1) is 11.2. The molecule has 2 rings (SSSR count). The number of ether oxygens (including phenoxy) is 1. The third kappa shape index (κ3) is 1.83. The lowest BCUT2D eigenvalue weighted by Crippen LogP contribution is -2.16. The molecule has 0 amide bonds. The van der Waals surface area contributed by atoms with Crippen molar-refractivity contribution < 1.29 is 4.74 Å². The van der Waals surface area contributed by atoms with E-state index in [4.69, 9.17) is 16.3 Å². The predicted molar refractivity (Wildman–Crippen MR) is 61.2 cm³/mol. The number of methoxy groups -OCH3 is 1. The van der Waals surface area contributed by atoms with E-state index in [0.29, 0.717) is 20.9 Å². The van der Waals surface area contributed by atoms with Gasteiger partial charge in [0.2, 0.25) is 0 Å². The molecule has 0 fully saturated rings. The van der Waals surface area contributed by atoms with E-state index in [9.17, 15) is 4.79 Å². The van der Waals surface area contributed by atoms with Gasteiger partial charge in [0.1, 0.15) is 5.75 Å². The highest BCUT2D eigenvalue weighted by atomic mass is 79.9.